The zero-order valence-corrected chi connectivity index (χ0v) is 15.4. The molecule has 2 fully saturated rings. The standard InChI is InChI=1S/C19H25ClN2O4/c20-14-6-4-5-13(11-14)16(19(26)8-2-1-3-9-19)17(23)22-10-7-15(12-22)21-18(24)25/h4-6,11,15-16,21,26H,1-3,7-10,12H2,(H,24,25)/t15-,16?/m0/s1. The first-order valence-corrected chi connectivity index (χ1v) is 9.53. The van der Waals surface area contributed by atoms with Gasteiger partial charge in [0.25, 0.3) is 0 Å². The molecule has 1 aromatic rings. The number of rotatable bonds is 4. The van der Waals surface area contributed by atoms with Gasteiger partial charge in [0.05, 0.1) is 17.6 Å². The largest absolute Gasteiger partial charge is 0.465 e. The number of likely N-dealkylation sites (tertiary alicyclic amines) is 1. The number of carbonyl (C=O) groups is 2. The Morgan fingerprint density at radius 3 is 2.65 bits per heavy atom. The van der Waals surface area contributed by atoms with E-state index in [2.05, 4.69) is 5.32 Å². The molecule has 0 radical (unpaired) electrons. The molecule has 3 N–H and O–H groups in total. The van der Waals surface area contributed by atoms with Crippen molar-refractivity contribution >= 4 is 23.6 Å². The molecule has 1 saturated carbocycles. The average Bonchev–Trinajstić information content (AvgIpc) is 3.03. The molecule has 7 heteroatoms. The maximum absolute atomic E-state index is 13.3. The van der Waals surface area contributed by atoms with Crippen LogP contribution in [0.15, 0.2) is 24.3 Å². The number of carbonyl (C=O) groups excluding carboxylic acids is 1. The van der Waals surface area contributed by atoms with Gasteiger partial charge in [0.15, 0.2) is 0 Å². The molecule has 2 aliphatic rings. The zero-order valence-electron chi connectivity index (χ0n) is 14.7. The lowest BCUT2D eigenvalue weighted by molar-refractivity contribution is -0.140. The number of halogens is 1. The van der Waals surface area contributed by atoms with Crippen molar-refractivity contribution in [2.24, 2.45) is 0 Å². The third-order valence-corrected chi connectivity index (χ3v) is 5.75. The van der Waals surface area contributed by atoms with Crippen LogP contribution in [0.5, 0.6) is 0 Å². The molecule has 2 amide bonds. The minimum absolute atomic E-state index is 0.147. The quantitative estimate of drug-likeness (QED) is 0.749. The number of amides is 2. The van der Waals surface area contributed by atoms with Crippen LogP contribution in [-0.2, 0) is 4.79 Å². The predicted octanol–water partition coefficient (Wildman–Crippen LogP) is 2.99. The van der Waals surface area contributed by atoms with Gasteiger partial charge in [0, 0.05) is 18.1 Å². The van der Waals surface area contributed by atoms with Crippen molar-refractivity contribution in [3.05, 3.63) is 34.9 Å². The molecular weight excluding hydrogens is 356 g/mol. The first-order chi connectivity index (χ1) is 12.4. The van der Waals surface area contributed by atoms with Crippen molar-refractivity contribution < 1.29 is 19.8 Å². The van der Waals surface area contributed by atoms with Crippen molar-refractivity contribution in [3.8, 4) is 0 Å². The highest BCUT2D eigenvalue weighted by Gasteiger charge is 2.45. The average molecular weight is 381 g/mol. The Morgan fingerprint density at radius 1 is 1.27 bits per heavy atom. The highest BCUT2D eigenvalue weighted by atomic mass is 35.5. The highest BCUT2D eigenvalue weighted by molar-refractivity contribution is 6.30. The molecule has 26 heavy (non-hydrogen) atoms. The molecule has 1 saturated heterocycles. The van der Waals surface area contributed by atoms with E-state index in [9.17, 15) is 14.7 Å². The SMILES string of the molecule is O=C(O)N[C@H]1CCN(C(=O)C(c2cccc(Cl)c2)C2(O)CCCCC2)C1. The molecule has 3 rings (SSSR count). The molecule has 142 valence electrons. The fourth-order valence-electron chi connectivity index (χ4n) is 4.26. The summed E-state index contributed by atoms with van der Waals surface area (Å²) in [4.78, 5) is 25.9. The monoisotopic (exact) mass is 380 g/mol. The third kappa shape index (κ3) is 4.13. The van der Waals surface area contributed by atoms with Crippen molar-refractivity contribution in [1.29, 1.82) is 0 Å². The van der Waals surface area contributed by atoms with Crippen LogP contribution in [0.1, 0.15) is 50.0 Å². The molecule has 1 aliphatic carbocycles. The molecule has 6 nitrogen and oxygen atoms in total. The number of nitrogens with zero attached hydrogens (tertiary/aromatic N) is 1. The Balaban J connectivity index is 1.86. The molecule has 2 atom stereocenters. The number of aliphatic hydroxyl groups is 1. The lowest BCUT2D eigenvalue weighted by Gasteiger charge is -2.40. The summed E-state index contributed by atoms with van der Waals surface area (Å²) in [6.45, 7) is 0.815. The second-order valence-corrected chi connectivity index (χ2v) is 7.81. The number of hydrogen-bond acceptors (Lipinski definition) is 3. The lowest BCUT2D eigenvalue weighted by Crippen LogP contribution is -2.48. The van der Waals surface area contributed by atoms with Crippen LogP contribution in [0, 0.1) is 0 Å². The van der Waals surface area contributed by atoms with Gasteiger partial charge in [-0.25, -0.2) is 4.79 Å². The maximum atomic E-state index is 13.3. The smallest absolute Gasteiger partial charge is 0.404 e. The van der Waals surface area contributed by atoms with E-state index in [4.69, 9.17) is 16.7 Å². The minimum Gasteiger partial charge on any atom is -0.465 e. The summed E-state index contributed by atoms with van der Waals surface area (Å²) in [6, 6.07) is 6.87. The topological polar surface area (TPSA) is 89.9 Å². The fourth-order valence-corrected chi connectivity index (χ4v) is 4.46. The summed E-state index contributed by atoms with van der Waals surface area (Å²) >= 11 is 6.14. The summed E-state index contributed by atoms with van der Waals surface area (Å²) in [7, 11) is 0. The first kappa shape index (κ1) is 19.0. The lowest BCUT2D eigenvalue weighted by atomic mass is 9.72. The molecule has 1 unspecified atom stereocenters. The van der Waals surface area contributed by atoms with E-state index in [1.165, 1.54) is 0 Å². The van der Waals surface area contributed by atoms with Gasteiger partial charge in [-0.3, -0.25) is 4.79 Å². The number of nitrogens with one attached hydrogen (secondary N) is 1. The van der Waals surface area contributed by atoms with E-state index >= 15 is 0 Å². The van der Waals surface area contributed by atoms with Gasteiger partial charge in [-0.05, 0) is 37.0 Å². The van der Waals surface area contributed by atoms with Gasteiger partial charge in [0.1, 0.15) is 0 Å². The van der Waals surface area contributed by atoms with E-state index in [1.807, 2.05) is 6.07 Å². The van der Waals surface area contributed by atoms with Crippen molar-refractivity contribution in [1.82, 2.24) is 10.2 Å². The second-order valence-electron chi connectivity index (χ2n) is 7.37. The Hall–Kier alpha value is -1.79. The van der Waals surface area contributed by atoms with Crippen LogP contribution in [0.25, 0.3) is 0 Å². The predicted molar refractivity (Wildman–Crippen MR) is 98.4 cm³/mol. The van der Waals surface area contributed by atoms with Crippen molar-refractivity contribution in [2.45, 2.75) is 56.1 Å². The van der Waals surface area contributed by atoms with E-state index in [0.29, 0.717) is 37.4 Å². The van der Waals surface area contributed by atoms with Crippen LogP contribution in [0.2, 0.25) is 5.02 Å². The number of hydrogen-bond donors (Lipinski definition) is 3. The van der Waals surface area contributed by atoms with E-state index in [-0.39, 0.29) is 11.9 Å². The van der Waals surface area contributed by atoms with E-state index < -0.39 is 17.6 Å². The van der Waals surface area contributed by atoms with Gasteiger partial charge in [-0.15, -0.1) is 0 Å². The van der Waals surface area contributed by atoms with Crippen molar-refractivity contribution in [3.63, 3.8) is 0 Å². The van der Waals surface area contributed by atoms with Gasteiger partial charge in [-0.2, -0.15) is 0 Å². The summed E-state index contributed by atoms with van der Waals surface area (Å²) in [5.41, 5.74) is -0.361. The third-order valence-electron chi connectivity index (χ3n) is 5.51. The van der Waals surface area contributed by atoms with Gasteiger partial charge < -0.3 is 20.4 Å². The van der Waals surface area contributed by atoms with E-state index in [0.717, 1.165) is 24.8 Å². The first-order valence-electron chi connectivity index (χ1n) is 9.15. The summed E-state index contributed by atoms with van der Waals surface area (Å²) in [5.74, 6) is -0.823. The summed E-state index contributed by atoms with van der Waals surface area (Å²) in [6.07, 6.45) is 3.52. The second kappa shape index (κ2) is 7.84. The van der Waals surface area contributed by atoms with Crippen LogP contribution < -0.4 is 5.32 Å². The molecule has 1 aromatic carbocycles. The molecule has 0 bridgehead atoms. The van der Waals surface area contributed by atoms with Crippen LogP contribution in [-0.4, -0.2) is 51.8 Å². The van der Waals surface area contributed by atoms with Gasteiger partial charge in [-0.1, -0.05) is 43.0 Å². The van der Waals surface area contributed by atoms with Crippen LogP contribution in [0.4, 0.5) is 4.79 Å². The molecule has 0 aromatic heterocycles. The zero-order chi connectivity index (χ0) is 18.7. The van der Waals surface area contributed by atoms with Crippen LogP contribution >= 0.6 is 11.6 Å². The maximum Gasteiger partial charge on any atom is 0.404 e. The fraction of sp³-hybridized carbons (Fsp3) is 0.579. The van der Waals surface area contributed by atoms with Gasteiger partial charge in [0.2, 0.25) is 5.91 Å². The number of benzene rings is 1. The summed E-state index contributed by atoms with van der Waals surface area (Å²) < 4.78 is 0. The van der Waals surface area contributed by atoms with E-state index in [1.54, 1.807) is 23.1 Å². The van der Waals surface area contributed by atoms with Gasteiger partial charge >= 0.3 is 6.09 Å². The van der Waals surface area contributed by atoms with Crippen molar-refractivity contribution in [2.75, 3.05) is 13.1 Å². The Kier molecular flexibility index (Phi) is 5.73. The Morgan fingerprint density at radius 2 is 2.00 bits per heavy atom. The molecule has 1 aliphatic heterocycles. The molecular formula is C19H25ClN2O4. The normalized spacial score (nSPS) is 23.5. The highest BCUT2D eigenvalue weighted by Crippen LogP contribution is 2.42. The minimum atomic E-state index is -1.08. The summed E-state index contributed by atoms with van der Waals surface area (Å²) in [5, 5.41) is 23.2. The molecule has 1 heterocycles. The van der Waals surface area contributed by atoms with Crippen LogP contribution in [0.3, 0.4) is 0 Å². The Labute approximate surface area is 158 Å². The molecule has 0 spiro atoms. The number of carboxylic acid groups (broad SMARTS) is 1. The Bertz CT molecular complexity index is 675.